The minimum absolute atomic E-state index is 0.0452. The number of carbonyl (C=O) groups excluding carboxylic acids is 1. The molecule has 0 amide bonds. The van der Waals surface area contributed by atoms with Crippen LogP contribution in [0.5, 0.6) is 0 Å². The summed E-state index contributed by atoms with van der Waals surface area (Å²) in [6.07, 6.45) is -2.74. The van der Waals surface area contributed by atoms with Gasteiger partial charge in [-0.2, -0.15) is 13.2 Å². The molecular weight excluding hydrogens is 361 g/mol. The molecule has 1 N–H and O–H groups in total. The van der Waals surface area contributed by atoms with Crippen molar-refractivity contribution < 1.29 is 22.7 Å². The highest BCUT2D eigenvalue weighted by Gasteiger charge is 2.31. The average Bonchev–Trinajstić information content (AvgIpc) is 2.62. The number of likely N-dealkylation sites (N-methyl/N-ethyl adjacent to an activating group) is 1. The quantitative estimate of drug-likeness (QED) is 0.373. The molecule has 0 saturated carbocycles. The first-order valence-electron chi connectivity index (χ1n) is 8.81. The number of nitrogens with one attached hydrogen (secondary N) is 1. The number of halogens is 3. The van der Waals surface area contributed by atoms with Crippen LogP contribution in [-0.4, -0.2) is 61.4 Å². The highest BCUT2D eigenvalue weighted by Crippen LogP contribution is 2.30. The minimum atomic E-state index is -4.45. The smallest absolute Gasteiger partial charge is 0.416 e. The Bertz CT molecular complexity index is 671. The number of ether oxygens (including phenoxy) is 1. The third-order valence-corrected chi connectivity index (χ3v) is 4.51. The third-order valence-electron chi connectivity index (χ3n) is 4.51. The molecule has 1 heterocycles. The molecule has 0 atom stereocenters. The SMILES string of the molecule is CCOC(=O)/C(=N/Nc1cccc(C(F)(F)F)c1)N(C)C1CCN(C)CC1. The predicted molar refractivity (Wildman–Crippen MR) is 97.4 cm³/mol. The van der Waals surface area contributed by atoms with E-state index in [0.717, 1.165) is 38.1 Å². The summed E-state index contributed by atoms with van der Waals surface area (Å²) in [5.41, 5.74) is 1.91. The van der Waals surface area contributed by atoms with E-state index in [0.29, 0.717) is 0 Å². The van der Waals surface area contributed by atoms with Gasteiger partial charge in [-0.1, -0.05) is 6.07 Å². The zero-order valence-corrected chi connectivity index (χ0v) is 15.7. The molecule has 1 aromatic carbocycles. The van der Waals surface area contributed by atoms with Crippen molar-refractivity contribution in [1.29, 1.82) is 0 Å². The normalized spacial score (nSPS) is 16.9. The van der Waals surface area contributed by atoms with E-state index in [-0.39, 0.29) is 24.2 Å². The number of alkyl halides is 3. The monoisotopic (exact) mass is 386 g/mol. The lowest BCUT2D eigenvalue weighted by Crippen LogP contribution is -2.47. The van der Waals surface area contributed by atoms with Crippen LogP contribution < -0.4 is 5.43 Å². The van der Waals surface area contributed by atoms with E-state index in [1.54, 1.807) is 18.9 Å². The first kappa shape index (κ1) is 21.0. The molecule has 0 spiro atoms. The van der Waals surface area contributed by atoms with E-state index in [2.05, 4.69) is 15.4 Å². The summed E-state index contributed by atoms with van der Waals surface area (Å²) in [5, 5.41) is 4.07. The Labute approximate surface area is 157 Å². The van der Waals surface area contributed by atoms with Crippen LogP contribution in [0.3, 0.4) is 0 Å². The lowest BCUT2D eigenvalue weighted by Gasteiger charge is -2.35. The number of esters is 1. The number of nitrogens with zero attached hydrogens (tertiary/aromatic N) is 3. The maximum Gasteiger partial charge on any atom is 0.416 e. The van der Waals surface area contributed by atoms with Crippen molar-refractivity contribution in [3.05, 3.63) is 29.8 Å². The van der Waals surface area contributed by atoms with Crippen molar-refractivity contribution in [3.63, 3.8) is 0 Å². The van der Waals surface area contributed by atoms with Crippen LogP contribution in [0, 0.1) is 0 Å². The molecule has 1 aliphatic heterocycles. The molecule has 0 radical (unpaired) electrons. The first-order chi connectivity index (χ1) is 12.7. The van der Waals surface area contributed by atoms with E-state index in [4.69, 9.17) is 4.74 Å². The molecule has 1 saturated heterocycles. The molecule has 150 valence electrons. The first-order valence-corrected chi connectivity index (χ1v) is 8.81. The topological polar surface area (TPSA) is 57.2 Å². The third kappa shape index (κ3) is 5.85. The fourth-order valence-electron chi connectivity index (χ4n) is 2.90. The molecule has 0 bridgehead atoms. The van der Waals surface area contributed by atoms with Gasteiger partial charge in [-0.3, -0.25) is 5.43 Å². The molecule has 1 aromatic rings. The van der Waals surface area contributed by atoms with Gasteiger partial charge in [0.05, 0.1) is 17.9 Å². The Morgan fingerprint density at radius 1 is 1.37 bits per heavy atom. The van der Waals surface area contributed by atoms with Crippen LogP contribution >= 0.6 is 0 Å². The number of hydrogen-bond acceptors (Lipinski definition) is 5. The summed E-state index contributed by atoms with van der Waals surface area (Å²) in [5.74, 6) is -0.567. The van der Waals surface area contributed by atoms with E-state index >= 15 is 0 Å². The Kier molecular flexibility index (Phi) is 7.06. The lowest BCUT2D eigenvalue weighted by molar-refractivity contribution is -0.138. The molecule has 2 rings (SSSR count). The molecule has 1 aliphatic rings. The van der Waals surface area contributed by atoms with Crippen molar-refractivity contribution in [2.24, 2.45) is 5.10 Å². The molecule has 0 aliphatic carbocycles. The second kappa shape index (κ2) is 9.07. The van der Waals surface area contributed by atoms with Crippen LogP contribution in [0.15, 0.2) is 29.4 Å². The molecule has 1 fully saturated rings. The second-order valence-electron chi connectivity index (χ2n) is 6.49. The summed E-state index contributed by atoms with van der Waals surface area (Å²) in [4.78, 5) is 16.3. The van der Waals surface area contributed by atoms with Gasteiger partial charge in [-0.05, 0) is 58.1 Å². The van der Waals surface area contributed by atoms with Gasteiger partial charge in [0.1, 0.15) is 0 Å². The van der Waals surface area contributed by atoms with Crippen molar-refractivity contribution in [3.8, 4) is 0 Å². The summed E-state index contributed by atoms with van der Waals surface area (Å²) in [6.45, 7) is 3.66. The van der Waals surface area contributed by atoms with Crippen LogP contribution in [-0.2, 0) is 15.7 Å². The maximum absolute atomic E-state index is 12.8. The number of benzene rings is 1. The van der Waals surface area contributed by atoms with Gasteiger partial charge in [0.15, 0.2) is 0 Å². The summed E-state index contributed by atoms with van der Waals surface area (Å²) >= 11 is 0. The fraction of sp³-hybridized carbons (Fsp3) is 0.556. The van der Waals surface area contributed by atoms with Crippen molar-refractivity contribution >= 4 is 17.5 Å². The van der Waals surface area contributed by atoms with Crippen molar-refractivity contribution in [1.82, 2.24) is 9.80 Å². The Morgan fingerprint density at radius 2 is 2.04 bits per heavy atom. The Balaban J connectivity index is 2.19. The number of carbonyl (C=O) groups is 1. The van der Waals surface area contributed by atoms with Crippen LogP contribution in [0.4, 0.5) is 18.9 Å². The van der Waals surface area contributed by atoms with Gasteiger partial charge in [0.2, 0.25) is 5.84 Å². The summed E-state index contributed by atoms with van der Waals surface area (Å²) < 4.78 is 43.6. The number of piperidine rings is 1. The van der Waals surface area contributed by atoms with Gasteiger partial charge in [0.25, 0.3) is 0 Å². The molecule has 6 nitrogen and oxygen atoms in total. The highest BCUT2D eigenvalue weighted by atomic mass is 19.4. The average molecular weight is 386 g/mol. The van der Waals surface area contributed by atoms with E-state index in [1.807, 2.05) is 7.05 Å². The molecule has 0 unspecified atom stereocenters. The maximum atomic E-state index is 12.8. The van der Waals surface area contributed by atoms with Gasteiger partial charge in [-0.25, -0.2) is 4.79 Å². The number of likely N-dealkylation sites (tertiary alicyclic amines) is 1. The lowest BCUT2D eigenvalue weighted by atomic mass is 10.0. The minimum Gasteiger partial charge on any atom is -0.460 e. The predicted octanol–water partition coefficient (Wildman–Crippen LogP) is 3.02. The van der Waals surface area contributed by atoms with Gasteiger partial charge < -0.3 is 14.5 Å². The Hall–Kier alpha value is -2.29. The van der Waals surface area contributed by atoms with E-state index < -0.39 is 17.7 Å². The van der Waals surface area contributed by atoms with Crippen LogP contribution in [0.2, 0.25) is 0 Å². The van der Waals surface area contributed by atoms with Gasteiger partial charge in [-0.15, -0.1) is 5.10 Å². The summed E-state index contributed by atoms with van der Waals surface area (Å²) in [7, 11) is 3.78. The van der Waals surface area contributed by atoms with E-state index in [9.17, 15) is 18.0 Å². The van der Waals surface area contributed by atoms with Crippen LogP contribution in [0.25, 0.3) is 0 Å². The molecule has 27 heavy (non-hydrogen) atoms. The standard InChI is InChI=1S/C18H25F3N4O2/c1-4-27-17(26)16(25(3)15-8-10-24(2)11-9-15)23-22-14-7-5-6-13(12-14)18(19,20)21/h5-7,12,15,22H,4,8-11H2,1-3H3/b23-16-. The molecule has 0 aromatic heterocycles. The van der Waals surface area contributed by atoms with Crippen LogP contribution in [0.1, 0.15) is 25.3 Å². The van der Waals surface area contributed by atoms with Crippen molar-refractivity contribution in [2.75, 3.05) is 39.2 Å². The number of hydrogen-bond donors (Lipinski definition) is 1. The zero-order chi connectivity index (χ0) is 20.0. The number of rotatable bonds is 4. The van der Waals surface area contributed by atoms with Gasteiger partial charge in [0, 0.05) is 13.1 Å². The molecular formula is C18H25F3N4O2. The zero-order valence-electron chi connectivity index (χ0n) is 15.7. The summed E-state index contributed by atoms with van der Waals surface area (Å²) in [6, 6.07) is 4.77. The number of anilines is 1. The molecule has 9 heteroatoms. The number of amidine groups is 1. The largest absolute Gasteiger partial charge is 0.460 e. The van der Waals surface area contributed by atoms with E-state index in [1.165, 1.54) is 12.1 Å². The fourth-order valence-corrected chi connectivity index (χ4v) is 2.90. The highest BCUT2D eigenvalue weighted by molar-refractivity contribution is 6.35. The number of hydrazone groups is 1. The van der Waals surface area contributed by atoms with Crippen molar-refractivity contribution in [2.45, 2.75) is 32.0 Å². The van der Waals surface area contributed by atoms with Gasteiger partial charge >= 0.3 is 12.1 Å². The second-order valence-corrected chi connectivity index (χ2v) is 6.49. The Morgan fingerprint density at radius 3 is 2.63 bits per heavy atom.